The van der Waals surface area contributed by atoms with Crippen LogP contribution in [0, 0.1) is 6.92 Å². The Morgan fingerprint density at radius 2 is 1.72 bits per heavy atom. The van der Waals surface area contributed by atoms with E-state index in [1.54, 1.807) is 0 Å². The van der Waals surface area contributed by atoms with E-state index in [1.807, 2.05) is 25.1 Å². The van der Waals surface area contributed by atoms with E-state index in [2.05, 4.69) is 30.8 Å². The van der Waals surface area contributed by atoms with Crippen molar-refractivity contribution in [2.75, 3.05) is 0 Å². The molecule has 0 aliphatic rings. The van der Waals surface area contributed by atoms with E-state index in [9.17, 15) is 0 Å². The number of guanidine groups is 2. The first-order valence-electron chi connectivity index (χ1n) is 5.75. The van der Waals surface area contributed by atoms with Gasteiger partial charge in [0, 0.05) is 0 Å². The molecule has 0 saturated carbocycles. The molecule has 5 nitrogen and oxygen atoms in total. The van der Waals surface area contributed by atoms with Crippen LogP contribution in [0.4, 0.5) is 5.69 Å². The molecule has 0 aromatic heterocycles. The molecule has 0 atom stereocenters. The Labute approximate surface area is 108 Å². The van der Waals surface area contributed by atoms with Gasteiger partial charge in [-0.25, -0.2) is 4.99 Å². The summed E-state index contributed by atoms with van der Waals surface area (Å²) >= 11 is 0. The fraction of sp³-hybridized carbons (Fsp3) is 0.385. The van der Waals surface area contributed by atoms with Crippen LogP contribution >= 0.6 is 0 Å². The van der Waals surface area contributed by atoms with Gasteiger partial charge in [0.25, 0.3) is 0 Å². The maximum absolute atomic E-state index is 5.69. The van der Waals surface area contributed by atoms with Gasteiger partial charge in [-0.1, -0.05) is 39.0 Å². The molecule has 5 heteroatoms. The minimum atomic E-state index is -0.0952. The Morgan fingerprint density at radius 3 is 2.22 bits per heavy atom. The van der Waals surface area contributed by atoms with Gasteiger partial charge in [0.15, 0.2) is 5.96 Å². The van der Waals surface area contributed by atoms with Crippen LogP contribution in [-0.4, -0.2) is 11.9 Å². The largest absolute Gasteiger partial charge is 0.370 e. The lowest BCUT2D eigenvalue weighted by molar-refractivity contribution is 0.591. The molecule has 6 N–H and O–H groups in total. The summed E-state index contributed by atoms with van der Waals surface area (Å²) in [5.41, 5.74) is 19.2. The van der Waals surface area contributed by atoms with Crippen molar-refractivity contribution in [1.82, 2.24) is 0 Å². The number of aryl methyl sites for hydroxylation is 1. The molecule has 0 aliphatic carbocycles. The van der Waals surface area contributed by atoms with Crippen molar-refractivity contribution >= 4 is 17.6 Å². The predicted octanol–water partition coefficient (Wildman–Crippen LogP) is 1.51. The number of nitrogens with two attached hydrogens (primary N) is 3. The monoisotopic (exact) mass is 247 g/mol. The predicted molar refractivity (Wildman–Crippen MR) is 77.0 cm³/mol. The van der Waals surface area contributed by atoms with Crippen LogP contribution in [-0.2, 0) is 5.41 Å². The third-order valence-electron chi connectivity index (χ3n) is 2.52. The first kappa shape index (κ1) is 14.0. The van der Waals surface area contributed by atoms with E-state index in [1.165, 1.54) is 0 Å². The number of rotatable bonds is 1. The summed E-state index contributed by atoms with van der Waals surface area (Å²) < 4.78 is 0. The molecule has 0 heterocycles. The van der Waals surface area contributed by atoms with Gasteiger partial charge in [-0.3, -0.25) is 0 Å². The fourth-order valence-corrected chi connectivity index (χ4v) is 1.68. The second kappa shape index (κ2) is 5.08. The maximum atomic E-state index is 5.69. The van der Waals surface area contributed by atoms with Gasteiger partial charge in [-0.15, -0.1) is 0 Å². The van der Waals surface area contributed by atoms with Gasteiger partial charge in [0.2, 0.25) is 5.96 Å². The van der Waals surface area contributed by atoms with Gasteiger partial charge in [0.05, 0.1) is 5.69 Å². The summed E-state index contributed by atoms with van der Waals surface area (Å²) in [6.45, 7) is 8.35. The van der Waals surface area contributed by atoms with E-state index >= 15 is 0 Å². The zero-order valence-corrected chi connectivity index (χ0v) is 11.4. The first-order chi connectivity index (χ1) is 8.21. The van der Waals surface area contributed by atoms with Crippen molar-refractivity contribution in [3.05, 3.63) is 29.3 Å². The highest BCUT2D eigenvalue weighted by Gasteiger charge is 2.18. The second-order valence-corrected chi connectivity index (χ2v) is 5.23. The highest BCUT2D eigenvalue weighted by Crippen LogP contribution is 2.33. The molecule has 98 valence electrons. The summed E-state index contributed by atoms with van der Waals surface area (Å²) in [6, 6.07) is 6.02. The number of aliphatic imine (C=N–C) groups is 2. The minimum absolute atomic E-state index is 0.0247. The van der Waals surface area contributed by atoms with E-state index in [0.29, 0.717) is 0 Å². The Bertz CT molecular complexity index is 491. The Hall–Kier alpha value is -2.04. The molecule has 0 aliphatic heterocycles. The van der Waals surface area contributed by atoms with Crippen LogP contribution in [0.1, 0.15) is 31.9 Å². The van der Waals surface area contributed by atoms with E-state index in [-0.39, 0.29) is 17.3 Å². The van der Waals surface area contributed by atoms with Crippen molar-refractivity contribution < 1.29 is 0 Å². The van der Waals surface area contributed by atoms with Crippen LogP contribution in [0.2, 0.25) is 0 Å². The third kappa shape index (κ3) is 3.48. The molecule has 0 bridgehead atoms. The van der Waals surface area contributed by atoms with Gasteiger partial charge >= 0.3 is 0 Å². The Kier molecular flexibility index (Phi) is 3.96. The van der Waals surface area contributed by atoms with Crippen molar-refractivity contribution in [3.63, 3.8) is 0 Å². The van der Waals surface area contributed by atoms with Crippen LogP contribution in [0.5, 0.6) is 0 Å². The van der Waals surface area contributed by atoms with Crippen LogP contribution in [0.3, 0.4) is 0 Å². The third-order valence-corrected chi connectivity index (χ3v) is 2.52. The highest BCUT2D eigenvalue weighted by atomic mass is 15.1. The molecule has 0 amide bonds. The highest BCUT2D eigenvalue weighted by molar-refractivity contribution is 5.94. The molecule has 1 aromatic carbocycles. The normalized spacial score (nSPS) is 12.3. The average Bonchev–Trinajstić information content (AvgIpc) is 2.18. The van der Waals surface area contributed by atoms with Crippen molar-refractivity contribution in [2.24, 2.45) is 27.2 Å². The number of para-hydroxylation sites is 1. The molecule has 0 radical (unpaired) electrons. The molecule has 1 aromatic rings. The van der Waals surface area contributed by atoms with Crippen molar-refractivity contribution in [2.45, 2.75) is 33.1 Å². The lowest BCUT2D eigenvalue weighted by Crippen LogP contribution is -2.26. The zero-order valence-electron chi connectivity index (χ0n) is 11.4. The average molecular weight is 247 g/mol. The topological polar surface area (TPSA) is 103 Å². The van der Waals surface area contributed by atoms with Gasteiger partial charge < -0.3 is 17.2 Å². The molecular formula is C13H21N5. The molecule has 0 unspecified atom stereocenters. The molecule has 0 saturated heterocycles. The molecule has 0 fully saturated rings. The van der Waals surface area contributed by atoms with E-state index < -0.39 is 0 Å². The lowest BCUT2D eigenvalue weighted by Gasteiger charge is -2.22. The standard InChI is InChI=1S/C13H21N5/c1-8-6-5-7-9(13(2,3)4)10(8)17-12(16)18-11(14)15/h5-7H,1-4H3,(H6,14,15,16,17,18). The summed E-state index contributed by atoms with van der Waals surface area (Å²) in [4.78, 5) is 8.05. The molecule has 0 spiro atoms. The van der Waals surface area contributed by atoms with Crippen LogP contribution in [0.15, 0.2) is 28.2 Å². The van der Waals surface area contributed by atoms with Gasteiger partial charge in [-0.2, -0.15) is 4.99 Å². The number of hydrogen-bond donors (Lipinski definition) is 3. The Balaban J connectivity index is 3.36. The van der Waals surface area contributed by atoms with Crippen LogP contribution in [0.25, 0.3) is 0 Å². The minimum Gasteiger partial charge on any atom is -0.370 e. The fourth-order valence-electron chi connectivity index (χ4n) is 1.68. The van der Waals surface area contributed by atoms with E-state index in [4.69, 9.17) is 17.2 Å². The SMILES string of the molecule is Cc1cccc(C(C)(C)C)c1N=C(N)N=C(N)N. The van der Waals surface area contributed by atoms with E-state index in [0.717, 1.165) is 16.8 Å². The lowest BCUT2D eigenvalue weighted by atomic mass is 9.85. The maximum Gasteiger partial charge on any atom is 0.223 e. The summed E-state index contributed by atoms with van der Waals surface area (Å²) in [5.74, 6) is -0.0306. The van der Waals surface area contributed by atoms with Crippen LogP contribution < -0.4 is 17.2 Å². The zero-order chi connectivity index (χ0) is 13.9. The molecule has 1 rings (SSSR count). The quantitative estimate of drug-likeness (QED) is 0.517. The summed E-state index contributed by atoms with van der Waals surface area (Å²) in [6.07, 6.45) is 0. The van der Waals surface area contributed by atoms with Crippen molar-refractivity contribution in [1.29, 1.82) is 0 Å². The number of hydrogen-bond acceptors (Lipinski definition) is 1. The van der Waals surface area contributed by atoms with Gasteiger partial charge in [-0.05, 0) is 23.5 Å². The number of benzene rings is 1. The second-order valence-electron chi connectivity index (χ2n) is 5.23. The molecule has 18 heavy (non-hydrogen) atoms. The Morgan fingerprint density at radius 1 is 1.11 bits per heavy atom. The first-order valence-corrected chi connectivity index (χ1v) is 5.75. The van der Waals surface area contributed by atoms with Crippen molar-refractivity contribution in [3.8, 4) is 0 Å². The smallest absolute Gasteiger partial charge is 0.223 e. The van der Waals surface area contributed by atoms with Gasteiger partial charge in [0.1, 0.15) is 0 Å². The summed E-state index contributed by atoms with van der Waals surface area (Å²) in [5, 5.41) is 0. The number of nitrogens with zero attached hydrogens (tertiary/aromatic N) is 2. The molecular weight excluding hydrogens is 226 g/mol. The summed E-state index contributed by atoms with van der Waals surface area (Å²) in [7, 11) is 0.